The second-order valence-electron chi connectivity index (χ2n) is 5.95. The Morgan fingerprint density at radius 3 is 2.71 bits per heavy atom. The van der Waals surface area contributed by atoms with Gasteiger partial charge in [-0.15, -0.1) is 0 Å². The standard InChI is InChI=1S/C18H18N2O4/c1-11-4-5-15-13(9-18(22)23-16(15)6-11)8-17(21)20(3)10-14-7-12(2)24-19-14/h4-7,9H,8,10H2,1-3H3. The van der Waals surface area contributed by atoms with Crippen LogP contribution in [0.5, 0.6) is 0 Å². The van der Waals surface area contributed by atoms with E-state index in [1.807, 2.05) is 19.1 Å². The van der Waals surface area contributed by atoms with Gasteiger partial charge in [0.2, 0.25) is 5.91 Å². The van der Waals surface area contributed by atoms with Gasteiger partial charge in [-0.3, -0.25) is 4.79 Å². The minimum absolute atomic E-state index is 0.108. The molecule has 2 heterocycles. The van der Waals surface area contributed by atoms with Crippen LogP contribution in [0.4, 0.5) is 0 Å². The van der Waals surface area contributed by atoms with Crippen LogP contribution in [0.25, 0.3) is 11.0 Å². The summed E-state index contributed by atoms with van der Waals surface area (Å²) >= 11 is 0. The van der Waals surface area contributed by atoms with E-state index >= 15 is 0 Å². The Morgan fingerprint density at radius 2 is 2.00 bits per heavy atom. The number of aryl methyl sites for hydroxylation is 2. The molecule has 6 nitrogen and oxygen atoms in total. The number of carbonyl (C=O) groups excluding carboxylic acids is 1. The lowest BCUT2D eigenvalue weighted by molar-refractivity contribution is -0.129. The number of hydrogen-bond donors (Lipinski definition) is 0. The SMILES string of the molecule is Cc1ccc2c(CC(=O)N(C)Cc3cc(C)on3)cc(=O)oc2c1. The highest BCUT2D eigenvalue weighted by molar-refractivity contribution is 5.87. The largest absolute Gasteiger partial charge is 0.423 e. The first-order valence-corrected chi connectivity index (χ1v) is 7.62. The van der Waals surface area contributed by atoms with E-state index in [0.717, 1.165) is 10.9 Å². The fourth-order valence-corrected chi connectivity index (χ4v) is 2.60. The Hall–Kier alpha value is -2.89. The van der Waals surface area contributed by atoms with Crippen molar-refractivity contribution >= 4 is 16.9 Å². The summed E-state index contributed by atoms with van der Waals surface area (Å²) in [5.41, 5.74) is 2.39. The van der Waals surface area contributed by atoms with Crippen LogP contribution in [-0.4, -0.2) is 23.0 Å². The van der Waals surface area contributed by atoms with Gasteiger partial charge in [0.05, 0.1) is 13.0 Å². The summed E-state index contributed by atoms with van der Waals surface area (Å²) in [5.74, 6) is 0.594. The zero-order valence-corrected chi connectivity index (χ0v) is 13.8. The number of nitrogens with zero attached hydrogens (tertiary/aromatic N) is 2. The summed E-state index contributed by atoms with van der Waals surface area (Å²) in [5, 5.41) is 4.66. The molecule has 3 aromatic rings. The van der Waals surface area contributed by atoms with Gasteiger partial charge in [-0.2, -0.15) is 0 Å². The maximum atomic E-state index is 12.5. The molecule has 124 valence electrons. The lowest BCUT2D eigenvalue weighted by Gasteiger charge is -2.16. The predicted octanol–water partition coefficient (Wildman–Crippen LogP) is 2.60. The van der Waals surface area contributed by atoms with Gasteiger partial charge in [-0.05, 0) is 31.0 Å². The number of carbonyl (C=O) groups is 1. The fraction of sp³-hybridized carbons (Fsp3) is 0.278. The molecule has 0 unspecified atom stereocenters. The molecule has 0 bridgehead atoms. The van der Waals surface area contributed by atoms with Crippen LogP contribution in [0, 0.1) is 13.8 Å². The monoisotopic (exact) mass is 326 g/mol. The number of rotatable bonds is 4. The van der Waals surface area contributed by atoms with Gasteiger partial charge in [-0.1, -0.05) is 17.3 Å². The summed E-state index contributed by atoms with van der Waals surface area (Å²) in [6.45, 7) is 4.08. The first-order chi connectivity index (χ1) is 11.4. The molecule has 0 saturated carbocycles. The Kier molecular flexibility index (Phi) is 4.20. The van der Waals surface area contributed by atoms with E-state index in [-0.39, 0.29) is 12.3 Å². The van der Waals surface area contributed by atoms with Crippen molar-refractivity contribution in [1.29, 1.82) is 0 Å². The predicted molar refractivity (Wildman–Crippen MR) is 88.6 cm³/mol. The second kappa shape index (κ2) is 6.31. The normalized spacial score (nSPS) is 11.0. The molecule has 2 aromatic heterocycles. The van der Waals surface area contributed by atoms with Gasteiger partial charge >= 0.3 is 5.63 Å². The lowest BCUT2D eigenvalue weighted by Crippen LogP contribution is -2.28. The zero-order chi connectivity index (χ0) is 17.3. The maximum Gasteiger partial charge on any atom is 0.336 e. The molecule has 0 aliphatic heterocycles. The first kappa shape index (κ1) is 16.0. The zero-order valence-electron chi connectivity index (χ0n) is 13.8. The van der Waals surface area contributed by atoms with Gasteiger partial charge in [0.15, 0.2) is 0 Å². The Morgan fingerprint density at radius 1 is 1.21 bits per heavy atom. The van der Waals surface area contributed by atoms with E-state index < -0.39 is 5.63 Å². The molecule has 3 rings (SSSR count). The molecule has 24 heavy (non-hydrogen) atoms. The first-order valence-electron chi connectivity index (χ1n) is 7.62. The molecule has 0 saturated heterocycles. The van der Waals surface area contributed by atoms with Crippen LogP contribution >= 0.6 is 0 Å². The number of amides is 1. The molecule has 1 aromatic carbocycles. The maximum absolute atomic E-state index is 12.5. The number of fused-ring (bicyclic) bond motifs is 1. The van der Waals surface area contributed by atoms with Crippen molar-refractivity contribution in [3.05, 3.63) is 63.3 Å². The van der Waals surface area contributed by atoms with E-state index in [9.17, 15) is 9.59 Å². The molecule has 0 spiro atoms. The van der Waals surface area contributed by atoms with Gasteiger partial charge in [-0.25, -0.2) is 4.79 Å². The second-order valence-corrected chi connectivity index (χ2v) is 5.95. The molecule has 0 aliphatic rings. The Bertz CT molecular complexity index is 955. The molecule has 0 fully saturated rings. The fourth-order valence-electron chi connectivity index (χ4n) is 2.60. The number of hydrogen-bond acceptors (Lipinski definition) is 5. The molecular formula is C18H18N2O4. The van der Waals surface area contributed by atoms with Crippen LogP contribution in [-0.2, 0) is 17.8 Å². The summed E-state index contributed by atoms with van der Waals surface area (Å²) < 4.78 is 10.2. The van der Waals surface area contributed by atoms with Gasteiger partial charge in [0.1, 0.15) is 17.0 Å². The average Bonchev–Trinajstić information content (AvgIpc) is 2.91. The van der Waals surface area contributed by atoms with Crippen molar-refractivity contribution in [2.75, 3.05) is 7.05 Å². The van der Waals surface area contributed by atoms with Crippen LogP contribution in [0.15, 0.2) is 44.1 Å². The van der Waals surface area contributed by atoms with Gasteiger partial charge in [0.25, 0.3) is 0 Å². The molecule has 0 N–H and O–H groups in total. The number of likely N-dealkylation sites (N-methyl/N-ethyl adjacent to an activating group) is 1. The minimum atomic E-state index is -0.453. The van der Waals surface area contributed by atoms with Gasteiger partial charge < -0.3 is 13.8 Å². The molecule has 1 amide bonds. The van der Waals surface area contributed by atoms with Crippen molar-refractivity contribution in [3.63, 3.8) is 0 Å². The topological polar surface area (TPSA) is 76.6 Å². The summed E-state index contributed by atoms with van der Waals surface area (Å²) in [4.78, 5) is 25.8. The smallest absolute Gasteiger partial charge is 0.336 e. The third-order valence-corrected chi connectivity index (χ3v) is 3.83. The van der Waals surface area contributed by atoms with Crippen molar-refractivity contribution in [3.8, 4) is 0 Å². The Labute approximate surface area is 138 Å². The highest BCUT2D eigenvalue weighted by Crippen LogP contribution is 2.19. The van der Waals surface area contributed by atoms with Crippen molar-refractivity contribution in [1.82, 2.24) is 10.1 Å². The molecular weight excluding hydrogens is 308 g/mol. The molecule has 0 aliphatic carbocycles. The van der Waals surface area contributed by atoms with E-state index in [1.165, 1.54) is 6.07 Å². The van der Waals surface area contributed by atoms with Crippen molar-refractivity contribution in [2.45, 2.75) is 26.8 Å². The van der Waals surface area contributed by atoms with Crippen molar-refractivity contribution in [2.24, 2.45) is 0 Å². The van der Waals surface area contributed by atoms with Gasteiger partial charge in [0, 0.05) is 24.6 Å². The number of aromatic nitrogens is 1. The van der Waals surface area contributed by atoms with E-state index in [2.05, 4.69) is 5.16 Å². The van der Waals surface area contributed by atoms with E-state index in [4.69, 9.17) is 8.94 Å². The van der Waals surface area contributed by atoms with Crippen LogP contribution in [0.2, 0.25) is 0 Å². The van der Waals surface area contributed by atoms with Crippen LogP contribution in [0.1, 0.15) is 22.6 Å². The van der Waals surface area contributed by atoms with E-state index in [0.29, 0.717) is 29.1 Å². The molecule has 6 heteroatoms. The molecule has 0 radical (unpaired) electrons. The van der Waals surface area contributed by atoms with Crippen molar-refractivity contribution < 1.29 is 13.7 Å². The quantitative estimate of drug-likeness (QED) is 0.689. The van der Waals surface area contributed by atoms with Crippen LogP contribution in [0.3, 0.4) is 0 Å². The summed E-state index contributed by atoms with van der Waals surface area (Å²) in [6.07, 6.45) is 0.124. The van der Waals surface area contributed by atoms with Crippen LogP contribution < -0.4 is 5.63 Å². The highest BCUT2D eigenvalue weighted by Gasteiger charge is 2.15. The average molecular weight is 326 g/mol. The Balaban J connectivity index is 1.83. The lowest BCUT2D eigenvalue weighted by atomic mass is 10.0. The third kappa shape index (κ3) is 3.37. The minimum Gasteiger partial charge on any atom is -0.423 e. The summed E-state index contributed by atoms with van der Waals surface area (Å²) in [6, 6.07) is 8.77. The third-order valence-electron chi connectivity index (χ3n) is 3.83. The highest BCUT2D eigenvalue weighted by atomic mass is 16.5. The van der Waals surface area contributed by atoms with E-state index in [1.54, 1.807) is 31.0 Å². The summed E-state index contributed by atoms with van der Waals surface area (Å²) in [7, 11) is 1.70. The molecule has 0 atom stereocenters. The number of benzene rings is 1.